The predicted octanol–water partition coefficient (Wildman–Crippen LogP) is 25.7. The Labute approximate surface area is 653 Å². The average Bonchev–Trinajstić information content (AvgIpc) is 0.910. The molecule has 0 heterocycles. The largest absolute Gasteiger partial charge is 0.472 e. The summed E-state index contributed by atoms with van der Waals surface area (Å²) in [6.45, 7) is 2.57. The number of hydrogen-bond donors (Lipinski definition) is 4. The Hall–Kier alpha value is -4.05. The Morgan fingerprint density at radius 3 is 0.804 bits per heavy atom. The van der Waals surface area contributed by atoms with Gasteiger partial charge < -0.3 is 34.2 Å². The van der Waals surface area contributed by atoms with Gasteiger partial charge in [-0.1, -0.05) is 354 Å². The Morgan fingerprint density at radius 2 is 0.495 bits per heavy atom. The number of carbonyl (C=O) groups excluding carboxylic acids is 3. The summed E-state index contributed by atoms with van der Waals surface area (Å²) in [6, 6.07) is 0. The fraction of sp³-hybridized carbons (Fsp3) is 0.742. The summed E-state index contributed by atoms with van der Waals surface area (Å²) in [5.41, 5.74) is 0. The molecule has 0 aliphatic rings. The lowest BCUT2D eigenvalue weighted by atomic mass is 10.0. The standard InChI is InChI=1S/C89H156O16P2/c1-4-7-10-13-16-19-22-24-26-28-30-32-34-36-38-40-41-43-45-46-48-50-52-54-56-58-61-63-66-69-72-75-87(92)99-78-84(90)79-101-106(95,96)102-80-85(91)81-103-107(97,98)104-83-86(105-89(94)77-74-71-68-65-60-21-18-15-12-9-6-3)82-100-88(93)76-73-70-67-64-62-59-57-55-53-51-49-47-44-42-39-37-35-33-31-29-27-25-23-20-17-14-11-8-5-2/h7,10,16-17,19-20,24-27,30-33,36-39,41,43,84-86,90-91H,4-6,8-9,11-15,18,21-23,28-29,34-35,40,42,44-83H2,1-3H3,(H,95,96)(H,97,98)/b10-7-,19-16-,20-17-,26-24-,27-25-,32-30-,33-31-,38-36-,39-37-,43-41-. The highest BCUT2D eigenvalue weighted by molar-refractivity contribution is 7.47. The van der Waals surface area contributed by atoms with Crippen LogP contribution in [0.3, 0.4) is 0 Å². The van der Waals surface area contributed by atoms with Gasteiger partial charge in [0.1, 0.15) is 25.4 Å². The van der Waals surface area contributed by atoms with Crippen LogP contribution >= 0.6 is 15.6 Å². The van der Waals surface area contributed by atoms with Crippen LogP contribution in [0, 0.1) is 0 Å². The highest BCUT2D eigenvalue weighted by atomic mass is 31.2. The van der Waals surface area contributed by atoms with Gasteiger partial charge in [0.15, 0.2) is 6.10 Å². The van der Waals surface area contributed by atoms with Crippen LogP contribution in [0.1, 0.15) is 367 Å². The van der Waals surface area contributed by atoms with Crippen molar-refractivity contribution in [3.05, 3.63) is 122 Å². The molecule has 0 rings (SSSR count). The van der Waals surface area contributed by atoms with Crippen molar-refractivity contribution in [1.82, 2.24) is 0 Å². The molecule has 0 aliphatic heterocycles. The molecule has 0 aromatic heterocycles. The Bertz CT molecular complexity index is 2430. The van der Waals surface area contributed by atoms with E-state index < -0.39 is 91.5 Å². The number of esters is 3. The number of aliphatic hydroxyl groups is 2. The Balaban J connectivity index is 4.39. The minimum absolute atomic E-state index is 0.107. The van der Waals surface area contributed by atoms with Crippen molar-refractivity contribution in [3.8, 4) is 0 Å². The molecule has 0 bridgehead atoms. The molecular weight excluding hydrogens is 1390 g/mol. The number of ether oxygens (including phenoxy) is 3. The van der Waals surface area contributed by atoms with Crippen LogP contribution in [0.4, 0.5) is 0 Å². The minimum Gasteiger partial charge on any atom is -0.463 e. The van der Waals surface area contributed by atoms with Gasteiger partial charge in [-0.15, -0.1) is 0 Å². The predicted molar refractivity (Wildman–Crippen MR) is 445 cm³/mol. The van der Waals surface area contributed by atoms with E-state index in [-0.39, 0.29) is 19.3 Å². The third kappa shape index (κ3) is 82.7. The van der Waals surface area contributed by atoms with Gasteiger partial charge in [0, 0.05) is 19.3 Å². The molecule has 107 heavy (non-hydrogen) atoms. The molecule has 0 amide bonds. The molecule has 0 spiro atoms. The van der Waals surface area contributed by atoms with E-state index in [2.05, 4.69) is 142 Å². The van der Waals surface area contributed by atoms with Crippen LogP contribution < -0.4 is 0 Å². The fourth-order valence-corrected chi connectivity index (χ4v) is 13.3. The normalized spacial score (nSPS) is 14.5. The number of rotatable bonds is 81. The summed E-state index contributed by atoms with van der Waals surface area (Å²) in [6.07, 6.45) is 98.4. The second kappa shape index (κ2) is 81.4. The third-order valence-corrected chi connectivity index (χ3v) is 20.1. The molecule has 5 unspecified atom stereocenters. The zero-order chi connectivity index (χ0) is 78.0. The number of phosphoric acid groups is 2. The van der Waals surface area contributed by atoms with Gasteiger partial charge in [0.05, 0.1) is 26.4 Å². The number of aliphatic hydroxyl groups excluding tert-OH is 2. The Morgan fingerprint density at radius 1 is 0.271 bits per heavy atom. The van der Waals surface area contributed by atoms with Gasteiger partial charge in [-0.25, -0.2) is 9.13 Å². The highest BCUT2D eigenvalue weighted by Crippen LogP contribution is 2.45. The third-order valence-electron chi connectivity index (χ3n) is 18.2. The average molecular weight is 1540 g/mol. The minimum atomic E-state index is -4.93. The molecule has 618 valence electrons. The van der Waals surface area contributed by atoms with E-state index in [4.69, 9.17) is 32.3 Å². The molecule has 18 heteroatoms. The second-order valence-electron chi connectivity index (χ2n) is 28.6. The topological polar surface area (TPSA) is 231 Å². The van der Waals surface area contributed by atoms with Crippen molar-refractivity contribution < 1.29 is 75.8 Å². The maximum absolute atomic E-state index is 12.9. The van der Waals surface area contributed by atoms with Crippen molar-refractivity contribution >= 4 is 33.6 Å². The molecule has 0 saturated carbocycles. The Kier molecular flexibility index (Phi) is 78.4. The summed E-state index contributed by atoms with van der Waals surface area (Å²) in [5.74, 6) is -1.56. The van der Waals surface area contributed by atoms with E-state index in [9.17, 15) is 43.5 Å². The van der Waals surface area contributed by atoms with E-state index in [1.807, 2.05) is 0 Å². The van der Waals surface area contributed by atoms with Crippen LogP contribution in [0.15, 0.2) is 122 Å². The lowest BCUT2D eigenvalue weighted by Crippen LogP contribution is -2.30. The van der Waals surface area contributed by atoms with Crippen LogP contribution in [-0.4, -0.2) is 95.9 Å². The van der Waals surface area contributed by atoms with Gasteiger partial charge >= 0.3 is 33.6 Å². The summed E-state index contributed by atoms with van der Waals surface area (Å²) in [4.78, 5) is 58.7. The van der Waals surface area contributed by atoms with E-state index in [1.165, 1.54) is 173 Å². The van der Waals surface area contributed by atoms with Crippen molar-refractivity contribution in [2.24, 2.45) is 0 Å². The first-order valence-electron chi connectivity index (χ1n) is 42.8. The first-order valence-corrected chi connectivity index (χ1v) is 45.8. The first kappa shape index (κ1) is 103. The van der Waals surface area contributed by atoms with Gasteiger partial charge in [-0.3, -0.25) is 32.5 Å². The molecule has 0 fully saturated rings. The smallest absolute Gasteiger partial charge is 0.463 e. The van der Waals surface area contributed by atoms with E-state index in [0.29, 0.717) is 19.3 Å². The van der Waals surface area contributed by atoms with Gasteiger partial charge in [-0.05, 0) is 116 Å². The van der Waals surface area contributed by atoms with Gasteiger partial charge in [0.25, 0.3) is 0 Å². The molecule has 0 saturated heterocycles. The summed E-state index contributed by atoms with van der Waals surface area (Å²) < 4.78 is 61.2. The SMILES string of the molecule is CC/C=C\C/C=C\C/C=C\C/C=C\C/C=C\C/C=C\CCCCCCCCCCCCCCC(=O)OCC(O)COP(=O)(O)OCC(O)COP(=O)(O)OCC(COC(=O)CCCCCCCCCCCCCCC/C=C\C/C=C\C/C=C\C/C=C\CCCCC)OC(=O)CCCCCCCCCCCCC. The second-order valence-corrected chi connectivity index (χ2v) is 31.5. The van der Waals surface area contributed by atoms with E-state index in [0.717, 1.165) is 135 Å². The molecule has 0 aliphatic carbocycles. The van der Waals surface area contributed by atoms with Crippen LogP contribution in [0.25, 0.3) is 0 Å². The van der Waals surface area contributed by atoms with Gasteiger partial charge in [-0.2, -0.15) is 0 Å². The summed E-state index contributed by atoms with van der Waals surface area (Å²) in [5, 5.41) is 20.7. The molecule has 4 N–H and O–H groups in total. The number of hydrogen-bond acceptors (Lipinski definition) is 14. The quantitative estimate of drug-likeness (QED) is 0.0146. The lowest BCUT2D eigenvalue weighted by Gasteiger charge is -2.21. The van der Waals surface area contributed by atoms with Crippen molar-refractivity contribution in [2.75, 3.05) is 39.6 Å². The summed E-state index contributed by atoms with van der Waals surface area (Å²) in [7, 11) is -9.78. The zero-order valence-electron chi connectivity index (χ0n) is 67.8. The fourth-order valence-electron chi connectivity index (χ4n) is 11.7. The summed E-state index contributed by atoms with van der Waals surface area (Å²) >= 11 is 0. The van der Waals surface area contributed by atoms with Gasteiger partial charge in [0.2, 0.25) is 0 Å². The van der Waals surface area contributed by atoms with Crippen LogP contribution in [-0.2, 0) is 55.8 Å². The monoisotopic (exact) mass is 1540 g/mol. The number of carbonyl (C=O) groups is 3. The molecule has 5 atom stereocenters. The first-order chi connectivity index (χ1) is 52.2. The maximum atomic E-state index is 12.9. The highest BCUT2D eigenvalue weighted by Gasteiger charge is 2.29. The van der Waals surface area contributed by atoms with E-state index >= 15 is 0 Å². The van der Waals surface area contributed by atoms with Crippen LogP contribution in [0.5, 0.6) is 0 Å². The number of phosphoric ester groups is 2. The molecular formula is C89H156O16P2. The molecule has 0 aromatic rings. The lowest BCUT2D eigenvalue weighted by molar-refractivity contribution is -0.161. The van der Waals surface area contributed by atoms with Crippen LogP contribution in [0.2, 0.25) is 0 Å². The molecule has 0 radical (unpaired) electrons. The molecule has 0 aromatic carbocycles. The van der Waals surface area contributed by atoms with Crippen molar-refractivity contribution in [2.45, 2.75) is 386 Å². The number of unbranched alkanes of at least 4 members (excludes halogenated alkanes) is 38. The number of allylic oxidation sites excluding steroid dienone is 20. The van der Waals surface area contributed by atoms with E-state index in [1.54, 1.807) is 0 Å². The maximum Gasteiger partial charge on any atom is 0.472 e. The van der Waals surface area contributed by atoms with Crippen molar-refractivity contribution in [3.63, 3.8) is 0 Å². The molecule has 16 nitrogen and oxygen atoms in total. The zero-order valence-corrected chi connectivity index (χ0v) is 69.6. The van der Waals surface area contributed by atoms with Crippen molar-refractivity contribution in [1.29, 1.82) is 0 Å².